The maximum absolute atomic E-state index is 11.3. The zero-order valence-electron chi connectivity index (χ0n) is 9.78. The molecule has 5 N–H and O–H groups in total. The minimum Gasteiger partial charge on any atom is -0.344 e. The molecule has 2 aromatic heterocycles. The van der Waals surface area contributed by atoms with Gasteiger partial charge in [0.1, 0.15) is 0 Å². The van der Waals surface area contributed by atoms with Crippen molar-refractivity contribution in [2.24, 2.45) is 0 Å². The second-order valence-electron chi connectivity index (χ2n) is 3.55. The Morgan fingerprint density at radius 1 is 1.37 bits per heavy atom. The van der Waals surface area contributed by atoms with Gasteiger partial charge in [-0.2, -0.15) is 8.42 Å². The van der Waals surface area contributed by atoms with E-state index in [0.717, 1.165) is 0 Å². The van der Waals surface area contributed by atoms with E-state index in [1.165, 1.54) is 6.20 Å². The molecule has 0 aliphatic carbocycles. The molecule has 2 rings (SSSR count). The first kappa shape index (κ1) is 15.0. The maximum Gasteiger partial charge on any atom is 0.274 e. The molecule has 0 bridgehead atoms. The van der Waals surface area contributed by atoms with Crippen LogP contribution >= 0.6 is 0 Å². The summed E-state index contributed by atoms with van der Waals surface area (Å²) in [6, 6.07) is 5.08. The van der Waals surface area contributed by atoms with Gasteiger partial charge in [-0.25, -0.2) is 9.97 Å². The van der Waals surface area contributed by atoms with Crippen molar-refractivity contribution in [1.82, 2.24) is 16.1 Å². The predicted octanol–water partition coefficient (Wildman–Crippen LogP) is 0.618. The van der Waals surface area contributed by atoms with Gasteiger partial charge in [-0.3, -0.25) is 9.35 Å². The number of carbonyl (C=O) groups excluding carboxylic acids is 1. The summed E-state index contributed by atoms with van der Waals surface area (Å²) in [6.45, 7) is 0. The van der Waals surface area contributed by atoms with Crippen molar-refractivity contribution >= 4 is 32.7 Å². The molecule has 0 atom stereocenters. The Morgan fingerprint density at radius 2 is 2.11 bits per heavy atom. The molecular formula is C10H12N4O4S. The summed E-state index contributed by atoms with van der Waals surface area (Å²) in [5.41, 5.74) is 0.856. The van der Waals surface area contributed by atoms with E-state index >= 15 is 0 Å². The third kappa shape index (κ3) is 4.25. The van der Waals surface area contributed by atoms with Crippen LogP contribution in [0.3, 0.4) is 0 Å². The molecule has 19 heavy (non-hydrogen) atoms. The molecule has 0 saturated heterocycles. The van der Waals surface area contributed by atoms with Crippen LogP contribution in [0.5, 0.6) is 0 Å². The van der Waals surface area contributed by atoms with Crippen LogP contribution < -0.4 is 11.5 Å². The Bertz CT molecular complexity index is 701. The van der Waals surface area contributed by atoms with Crippen molar-refractivity contribution in [3.8, 4) is 0 Å². The first-order valence-corrected chi connectivity index (χ1v) is 6.51. The van der Waals surface area contributed by atoms with Crippen molar-refractivity contribution < 1.29 is 17.8 Å². The maximum atomic E-state index is 11.3. The molecule has 0 radical (unpaired) electrons. The number of amides is 1. The first-order chi connectivity index (χ1) is 8.44. The van der Waals surface area contributed by atoms with Crippen LogP contribution in [0, 0.1) is 0 Å². The normalized spacial score (nSPS) is 10.8. The summed E-state index contributed by atoms with van der Waals surface area (Å²) in [7, 11) is -4.33. The van der Waals surface area contributed by atoms with Crippen LogP contribution in [-0.2, 0) is 14.9 Å². The molecule has 0 saturated carbocycles. The summed E-state index contributed by atoms with van der Waals surface area (Å²) in [5, 5.41) is 3.03. The minimum absolute atomic E-state index is 0. The van der Waals surface area contributed by atoms with Crippen molar-refractivity contribution in [3.63, 3.8) is 0 Å². The van der Waals surface area contributed by atoms with Gasteiger partial charge in [0.25, 0.3) is 10.1 Å². The highest BCUT2D eigenvalue weighted by atomic mass is 32.2. The Kier molecular flexibility index (Phi) is 4.48. The van der Waals surface area contributed by atoms with Crippen LogP contribution in [0.1, 0.15) is 0 Å². The van der Waals surface area contributed by atoms with Crippen molar-refractivity contribution in [3.05, 3.63) is 30.6 Å². The predicted molar refractivity (Wildman–Crippen MR) is 69.6 cm³/mol. The van der Waals surface area contributed by atoms with Crippen LogP contribution in [0.2, 0.25) is 0 Å². The van der Waals surface area contributed by atoms with Crippen LogP contribution in [0.4, 0.5) is 5.69 Å². The number of hydrogen-bond acceptors (Lipinski definition) is 6. The first-order valence-electron chi connectivity index (χ1n) is 4.90. The Balaban J connectivity index is 0.00000180. The van der Waals surface area contributed by atoms with E-state index in [2.05, 4.69) is 15.3 Å². The zero-order chi connectivity index (χ0) is 13.2. The highest BCUT2D eigenvalue weighted by molar-refractivity contribution is 7.86. The van der Waals surface area contributed by atoms with E-state index in [-0.39, 0.29) is 6.15 Å². The number of carbonyl (C=O) groups is 1. The van der Waals surface area contributed by atoms with E-state index in [1.54, 1.807) is 24.4 Å². The molecule has 1 amide bonds. The fourth-order valence-corrected chi connectivity index (χ4v) is 1.80. The highest BCUT2D eigenvalue weighted by Gasteiger charge is 2.13. The van der Waals surface area contributed by atoms with Crippen molar-refractivity contribution in [2.45, 2.75) is 0 Å². The summed E-state index contributed by atoms with van der Waals surface area (Å²) in [5.74, 6) is -1.82. The molecule has 9 heteroatoms. The Hall–Kier alpha value is -2.10. The smallest absolute Gasteiger partial charge is 0.274 e. The fourth-order valence-electron chi connectivity index (χ4n) is 1.40. The summed E-state index contributed by atoms with van der Waals surface area (Å²) >= 11 is 0. The number of anilines is 1. The van der Waals surface area contributed by atoms with Crippen LogP contribution in [0.25, 0.3) is 11.0 Å². The number of pyridine rings is 2. The number of fused-ring (bicyclic) bond motifs is 1. The third-order valence-corrected chi connectivity index (χ3v) is 2.68. The molecule has 2 aromatic rings. The second-order valence-corrected chi connectivity index (χ2v) is 5.00. The van der Waals surface area contributed by atoms with Gasteiger partial charge in [0, 0.05) is 11.6 Å². The van der Waals surface area contributed by atoms with Gasteiger partial charge in [0.15, 0.2) is 11.4 Å². The van der Waals surface area contributed by atoms with Gasteiger partial charge in [0.2, 0.25) is 5.91 Å². The molecule has 0 spiro atoms. The largest absolute Gasteiger partial charge is 0.344 e. The summed E-state index contributed by atoms with van der Waals surface area (Å²) in [4.78, 5) is 19.3. The van der Waals surface area contributed by atoms with Gasteiger partial charge in [-0.05, 0) is 18.2 Å². The van der Waals surface area contributed by atoms with Gasteiger partial charge in [-0.1, -0.05) is 0 Å². The molecule has 0 fully saturated rings. The lowest BCUT2D eigenvalue weighted by atomic mass is 10.3. The fraction of sp³-hybridized carbons (Fsp3) is 0.100. The summed E-state index contributed by atoms with van der Waals surface area (Å²) in [6.07, 6.45) is 2.95. The second kappa shape index (κ2) is 5.69. The van der Waals surface area contributed by atoms with E-state index < -0.39 is 21.8 Å². The van der Waals surface area contributed by atoms with Gasteiger partial charge < -0.3 is 11.5 Å². The SMILES string of the molecule is N.O=C(CS(=O)(=O)O)Nc1cnc2ncccc2c1. The zero-order valence-corrected chi connectivity index (χ0v) is 10.6. The van der Waals surface area contributed by atoms with E-state index in [9.17, 15) is 13.2 Å². The molecule has 8 nitrogen and oxygen atoms in total. The molecule has 0 unspecified atom stereocenters. The van der Waals surface area contributed by atoms with Gasteiger partial charge >= 0.3 is 0 Å². The number of nitrogens with one attached hydrogen (secondary N) is 1. The molecule has 0 aliphatic heterocycles. The van der Waals surface area contributed by atoms with Gasteiger partial charge in [-0.15, -0.1) is 0 Å². The van der Waals surface area contributed by atoms with Crippen LogP contribution in [0.15, 0.2) is 30.6 Å². The molecule has 0 aliphatic rings. The van der Waals surface area contributed by atoms with E-state index in [4.69, 9.17) is 4.55 Å². The average Bonchev–Trinajstić information content (AvgIpc) is 2.26. The highest BCUT2D eigenvalue weighted by Crippen LogP contribution is 2.14. The topological polar surface area (TPSA) is 144 Å². The number of rotatable bonds is 3. The summed E-state index contributed by atoms with van der Waals surface area (Å²) < 4.78 is 29.6. The van der Waals surface area contributed by atoms with Gasteiger partial charge in [0.05, 0.1) is 11.9 Å². The average molecular weight is 284 g/mol. The molecular weight excluding hydrogens is 272 g/mol. The van der Waals surface area contributed by atoms with E-state index in [0.29, 0.717) is 16.7 Å². The standard InChI is InChI=1S/C10H9N3O4S.H3N/c14-9(6-18(15,16)17)13-8-4-7-2-1-3-11-10(7)12-5-8;/h1-5H,6H2,(H,13,14)(H,15,16,17);1H3. The number of nitrogens with zero attached hydrogens (tertiary/aromatic N) is 2. The molecule has 2 heterocycles. The molecule has 102 valence electrons. The lowest BCUT2D eigenvalue weighted by molar-refractivity contribution is -0.113. The molecule has 0 aromatic carbocycles. The van der Waals surface area contributed by atoms with Crippen molar-refractivity contribution in [1.29, 1.82) is 0 Å². The quantitative estimate of drug-likeness (QED) is 0.700. The van der Waals surface area contributed by atoms with Crippen LogP contribution in [-0.4, -0.2) is 34.6 Å². The minimum atomic E-state index is -4.33. The lowest BCUT2D eigenvalue weighted by Gasteiger charge is -2.04. The third-order valence-electron chi connectivity index (χ3n) is 2.05. The van der Waals surface area contributed by atoms with E-state index in [1.807, 2.05) is 0 Å². The lowest BCUT2D eigenvalue weighted by Crippen LogP contribution is -2.22. The number of hydrogen-bond donors (Lipinski definition) is 3. The van der Waals surface area contributed by atoms with Crippen molar-refractivity contribution in [2.75, 3.05) is 11.1 Å². The number of aromatic nitrogens is 2. The monoisotopic (exact) mass is 284 g/mol. The Labute approximate surface area is 109 Å². The Morgan fingerprint density at radius 3 is 2.79 bits per heavy atom.